The molecule has 0 aliphatic heterocycles. The van der Waals surface area contributed by atoms with Crippen LogP contribution >= 0.6 is 11.6 Å². The number of carbonyl (C=O) groups excluding carboxylic acids is 1. The molecule has 5 nitrogen and oxygen atoms in total. The quantitative estimate of drug-likeness (QED) is 0.854. The molecular formula is C17H19ClN2O3S. The summed E-state index contributed by atoms with van der Waals surface area (Å²) in [5, 5.41) is 3.07. The number of aryl methyl sites for hydroxylation is 1. The first-order valence-corrected chi connectivity index (χ1v) is 9.28. The summed E-state index contributed by atoms with van der Waals surface area (Å²) >= 11 is 5.83. The Bertz CT molecular complexity index is 803. The van der Waals surface area contributed by atoms with Gasteiger partial charge >= 0.3 is 0 Å². The zero-order valence-electron chi connectivity index (χ0n) is 13.5. The fraction of sp³-hybridized carbons (Fsp3) is 0.235. The van der Waals surface area contributed by atoms with Gasteiger partial charge in [0.25, 0.3) is 10.0 Å². The van der Waals surface area contributed by atoms with Crippen molar-refractivity contribution in [1.29, 1.82) is 0 Å². The normalized spacial score (nSPS) is 11.1. The minimum absolute atomic E-state index is 0.0803. The van der Waals surface area contributed by atoms with Gasteiger partial charge in [0.1, 0.15) is 6.54 Å². The Balaban J connectivity index is 2.45. The molecule has 0 spiro atoms. The van der Waals surface area contributed by atoms with Gasteiger partial charge in [0.2, 0.25) is 5.91 Å². The van der Waals surface area contributed by atoms with E-state index < -0.39 is 10.0 Å². The Hall–Kier alpha value is -2.05. The van der Waals surface area contributed by atoms with Crippen molar-refractivity contribution in [2.45, 2.75) is 18.7 Å². The van der Waals surface area contributed by atoms with E-state index in [2.05, 4.69) is 5.32 Å². The SMILES string of the molecule is CCNC(=O)CN(c1ccc(C)cc1)S(=O)(=O)c1ccc(Cl)cc1. The number of halogens is 1. The van der Waals surface area contributed by atoms with Crippen molar-refractivity contribution in [3.8, 4) is 0 Å². The molecule has 0 atom stereocenters. The van der Waals surface area contributed by atoms with Crippen LogP contribution < -0.4 is 9.62 Å². The number of sulfonamides is 1. The predicted octanol–water partition coefficient (Wildman–Crippen LogP) is 2.98. The lowest BCUT2D eigenvalue weighted by molar-refractivity contribution is -0.119. The minimum atomic E-state index is -3.88. The Labute approximate surface area is 147 Å². The lowest BCUT2D eigenvalue weighted by atomic mass is 10.2. The van der Waals surface area contributed by atoms with Gasteiger partial charge < -0.3 is 5.32 Å². The first-order valence-electron chi connectivity index (χ1n) is 7.46. The van der Waals surface area contributed by atoms with Gasteiger partial charge in [-0.1, -0.05) is 29.3 Å². The summed E-state index contributed by atoms with van der Waals surface area (Å²) in [6, 6.07) is 12.8. The summed E-state index contributed by atoms with van der Waals surface area (Å²) < 4.78 is 27.0. The number of amides is 1. The van der Waals surface area contributed by atoms with Crippen LogP contribution in [0, 0.1) is 6.92 Å². The van der Waals surface area contributed by atoms with Crippen molar-refractivity contribution >= 4 is 33.2 Å². The van der Waals surface area contributed by atoms with Gasteiger partial charge in [-0.2, -0.15) is 0 Å². The van der Waals surface area contributed by atoms with E-state index in [1.54, 1.807) is 31.2 Å². The third kappa shape index (κ3) is 4.27. The van der Waals surface area contributed by atoms with Crippen molar-refractivity contribution in [1.82, 2.24) is 5.32 Å². The topological polar surface area (TPSA) is 66.5 Å². The van der Waals surface area contributed by atoms with E-state index in [4.69, 9.17) is 11.6 Å². The van der Waals surface area contributed by atoms with Gasteiger partial charge in [-0.25, -0.2) is 8.42 Å². The maximum Gasteiger partial charge on any atom is 0.264 e. The lowest BCUT2D eigenvalue weighted by Gasteiger charge is -2.24. The highest BCUT2D eigenvalue weighted by Crippen LogP contribution is 2.24. The van der Waals surface area contributed by atoms with Crippen LogP contribution in [0.5, 0.6) is 0 Å². The number of carbonyl (C=O) groups is 1. The number of benzene rings is 2. The zero-order valence-corrected chi connectivity index (χ0v) is 15.1. The number of nitrogens with one attached hydrogen (secondary N) is 1. The first kappa shape index (κ1) is 18.3. The smallest absolute Gasteiger partial charge is 0.264 e. The second kappa shape index (κ2) is 7.68. The summed E-state index contributed by atoms with van der Waals surface area (Å²) in [7, 11) is -3.88. The fourth-order valence-electron chi connectivity index (χ4n) is 2.14. The molecule has 0 radical (unpaired) electrons. The third-order valence-corrected chi connectivity index (χ3v) is 5.42. The average molecular weight is 367 g/mol. The number of nitrogens with zero attached hydrogens (tertiary/aromatic N) is 1. The zero-order chi connectivity index (χ0) is 17.7. The van der Waals surface area contributed by atoms with Crippen LogP contribution in [-0.2, 0) is 14.8 Å². The highest BCUT2D eigenvalue weighted by molar-refractivity contribution is 7.92. The van der Waals surface area contributed by atoms with E-state index in [1.807, 2.05) is 6.92 Å². The molecule has 0 fully saturated rings. The fourth-order valence-corrected chi connectivity index (χ4v) is 3.69. The summed E-state index contributed by atoms with van der Waals surface area (Å²) in [6.45, 7) is 3.83. The molecular weight excluding hydrogens is 348 g/mol. The van der Waals surface area contributed by atoms with Crippen molar-refractivity contribution in [2.24, 2.45) is 0 Å². The van der Waals surface area contributed by atoms with Gasteiger partial charge in [-0.15, -0.1) is 0 Å². The Morgan fingerprint density at radius 3 is 2.21 bits per heavy atom. The van der Waals surface area contributed by atoms with Crippen LogP contribution in [0.1, 0.15) is 12.5 Å². The van der Waals surface area contributed by atoms with E-state index in [0.29, 0.717) is 17.3 Å². The molecule has 1 amide bonds. The molecule has 2 aromatic rings. The molecule has 2 rings (SSSR count). The van der Waals surface area contributed by atoms with Gasteiger partial charge in [-0.05, 0) is 50.2 Å². The van der Waals surface area contributed by atoms with Gasteiger partial charge in [0.15, 0.2) is 0 Å². The predicted molar refractivity (Wildman–Crippen MR) is 95.8 cm³/mol. The van der Waals surface area contributed by atoms with E-state index in [0.717, 1.165) is 9.87 Å². The van der Waals surface area contributed by atoms with E-state index in [1.165, 1.54) is 24.3 Å². The molecule has 0 unspecified atom stereocenters. The van der Waals surface area contributed by atoms with Gasteiger partial charge in [0, 0.05) is 11.6 Å². The maximum atomic E-state index is 13.0. The highest BCUT2D eigenvalue weighted by Gasteiger charge is 2.26. The number of likely N-dealkylation sites (N-methyl/N-ethyl adjacent to an activating group) is 1. The molecule has 7 heteroatoms. The standard InChI is InChI=1S/C17H19ClN2O3S/c1-3-19-17(21)12-20(15-8-4-13(2)5-9-15)24(22,23)16-10-6-14(18)7-11-16/h4-11H,3,12H2,1-2H3,(H,19,21). The van der Waals surface area contributed by atoms with E-state index in [-0.39, 0.29) is 17.3 Å². The largest absolute Gasteiger partial charge is 0.355 e. The number of hydrogen-bond donors (Lipinski definition) is 1. The molecule has 0 saturated carbocycles. The second-order valence-electron chi connectivity index (χ2n) is 5.25. The Morgan fingerprint density at radius 2 is 1.67 bits per heavy atom. The van der Waals surface area contributed by atoms with E-state index in [9.17, 15) is 13.2 Å². The van der Waals surface area contributed by atoms with Crippen LogP contribution in [0.25, 0.3) is 0 Å². The Kier molecular flexibility index (Phi) is 5.85. The van der Waals surface area contributed by atoms with Crippen LogP contribution in [0.3, 0.4) is 0 Å². The summed E-state index contributed by atoms with van der Waals surface area (Å²) in [6.07, 6.45) is 0. The highest BCUT2D eigenvalue weighted by atomic mass is 35.5. The van der Waals surface area contributed by atoms with Crippen molar-refractivity contribution in [3.63, 3.8) is 0 Å². The van der Waals surface area contributed by atoms with Gasteiger partial charge in [-0.3, -0.25) is 9.10 Å². The van der Waals surface area contributed by atoms with Crippen molar-refractivity contribution in [3.05, 3.63) is 59.1 Å². The van der Waals surface area contributed by atoms with E-state index >= 15 is 0 Å². The summed E-state index contributed by atoms with van der Waals surface area (Å²) in [4.78, 5) is 12.1. The molecule has 0 aliphatic carbocycles. The molecule has 0 aromatic heterocycles. The van der Waals surface area contributed by atoms with Crippen LogP contribution in [-0.4, -0.2) is 27.4 Å². The molecule has 0 aliphatic rings. The van der Waals surface area contributed by atoms with Crippen molar-refractivity contribution < 1.29 is 13.2 Å². The maximum absolute atomic E-state index is 13.0. The molecule has 1 N–H and O–H groups in total. The molecule has 2 aromatic carbocycles. The third-order valence-electron chi connectivity index (χ3n) is 3.38. The monoisotopic (exact) mass is 366 g/mol. The Morgan fingerprint density at radius 1 is 1.08 bits per heavy atom. The van der Waals surface area contributed by atoms with Crippen LogP contribution in [0.2, 0.25) is 5.02 Å². The molecule has 128 valence electrons. The molecule has 0 saturated heterocycles. The summed E-state index contributed by atoms with van der Waals surface area (Å²) in [5.41, 5.74) is 1.43. The number of hydrogen-bond acceptors (Lipinski definition) is 3. The summed E-state index contributed by atoms with van der Waals surface area (Å²) in [5.74, 6) is -0.365. The number of rotatable bonds is 6. The molecule has 24 heavy (non-hydrogen) atoms. The molecule has 0 heterocycles. The first-order chi connectivity index (χ1) is 11.3. The average Bonchev–Trinajstić information content (AvgIpc) is 2.54. The lowest BCUT2D eigenvalue weighted by Crippen LogP contribution is -2.40. The number of anilines is 1. The molecule has 0 bridgehead atoms. The minimum Gasteiger partial charge on any atom is -0.355 e. The van der Waals surface area contributed by atoms with Crippen molar-refractivity contribution in [2.75, 3.05) is 17.4 Å². The van der Waals surface area contributed by atoms with Crippen LogP contribution in [0.4, 0.5) is 5.69 Å². The van der Waals surface area contributed by atoms with Gasteiger partial charge in [0.05, 0.1) is 10.6 Å². The second-order valence-corrected chi connectivity index (χ2v) is 7.55. The van der Waals surface area contributed by atoms with Crippen LogP contribution in [0.15, 0.2) is 53.4 Å².